The lowest BCUT2D eigenvalue weighted by atomic mass is 10.0. The zero-order valence-corrected chi connectivity index (χ0v) is 13.4. The third kappa shape index (κ3) is 3.29. The molecule has 1 atom stereocenters. The van der Waals surface area contributed by atoms with Gasteiger partial charge in [-0.05, 0) is 37.0 Å². The first-order valence-corrected chi connectivity index (χ1v) is 9.29. The van der Waals surface area contributed by atoms with Gasteiger partial charge in [0.1, 0.15) is 5.82 Å². The van der Waals surface area contributed by atoms with Crippen LogP contribution >= 0.6 is 11.3 Å². The Kier molecular flexibility index (Phi) is 4.16. The monoisotopic (exact) mass is 341 g/mol. The molecule has 0 amide bonds. The number of rotatable bonds is 4. The van der Waals surface area contributed by atoms with E-state index in [1.165, 1.54) is 18.3 Å². The van der Waals surface area contributed by atoms with Crippen LogP contribution in [0, 0.1) is 5.82 Å². The zero-order chi connectivity index (χ0) is 15.7. The summed E-state index contributed by atoms with van der Waals surface area (Å²) in [5.41, 5.74) is 0.931. The summed E-state index contributed by atoms with van der Waals surface area (Å²) in [6.07, 6.45) is 3.99. The third-order valence-electron chi connectivity index (χ3n) is 3.74. The summed E-state index contributed by atoms with van der Waals surface area (Å²) in [6, 6.07) is 6.76. The molecule has 22 heavy (non-hydrogen) atoms. The summed E-state index contributed by atoms with van der Waals surface area (Å²) in [5, 5.41) is 5.78. The van der Waals surface area contributed by atoms with E-state index < -0.39 is 10.0 Å². The Balaban J connectivity index is 1.80. The molecule has 1 saturated heterocycles. The quantitative estimate of drug-likeness (QED) is 0.924. The Morgan fingerprint density at radius 1 is 1.45 bits per heavy atom. The Morgan fingerprint density at radius 2 is 2.27 bits per heavy atom. The van der Waals surface area contributed by atoms with Gasteiger partial charge in [-0.2, -0.15) is 0 Å². The number of aromatic nitrogens is 1. The number of hydrogen-bond donors (Lipinski definition) is 1. The van der Waals surface area contributed by atoms with Crippen LogP contribution in [0.2, 0.25) is 0 Å². The lowest BCUT2D eigenvalue weighted by molar-refractivity contribution is 0.599. The standard InChI is InChI=1S/C14H16FN3O2S2/c15-11-4-1-3-10(7-11)8-12-5-2-6-18(12)14-17-9-13(21-14)22(16,19)20/h1,3-4,7,9,12H,2,5-6,8H2,(H2,16,19,20)/t12-/m1/s1. The van der Waals surface area contributed by atoms with Crippen molar-refractivity contribution in [3.63, 3.8) is 0 Å². The van der Waals surface area contributed by atoms with Gasteiger partial charge in [-0.1, -0.05) is 23.5 Å². The maximum absolute atomic E-state index is 13.3. The molecule has 0 radical (unpaired) electrons. The first-order valence-electron chi connectivity index (χ1n) is 6.93. The van der Waals surface area contributed by atoms with Crippen molar-refractivity contribution in [3.8, 4) is 0 Å². The van der Waals surface area contributed by atoms with Gasteiger partial charge < -0.3 is 4.90 Å². The second kappa shape index (κ2) is 5.94. The predicted octanol–water partition coefficient (Wildman–Crippen LogP) is 2.14. The number of primary sulfonamides is 1. The Hall–Kier alpha value is -1.51. The molecule has 1 fully saturated rings. The topological polar surface area (TPSA) is 76.3 Å². The molecule has 1 aromatic heterocycles. The largest absolute Gasteiger partial charge is 0.345 e. The average molecular weight is 341 g/mol. The van der Waals surface area contributed by atoms with E-state index in [1.54, 1.807) is 6.07 Å². The van der Waals surface area contributed by atoms with E-state index in [2.05, 4.69) is 9.88 Å². The summed E-state index contributed by atoms with van der Waals surface area (Å²) in [4.78, 5) is 6.27. The molecular formula is C14H16FN3O2S2. The van der Waals surface area contributed by atoms with Gasteiger partial charge in [0.25, 0.3) is 0 Å². The van der Waals surface area contributed by atoms with E-state index >= 15 is 0 Å². The van der Waals surface area contributed by atoms with Crippen molar-refractivity contribution in [3.05, 3.63) is 41.8 Å². The predicted molar refractivity (Wildman–Crippen MR) is 84.0 cm³/mol. The summed E-state index contributed by atoms with van der Waals surface area (Å²) in [7, 11) is -3.71. The van der Waals surface area contributed by atoms with Gasteiger partial charge in [0.05, 0.1) is 6.20 Å². The molecule has 118 valence electrons. The van der Waals surface area contributed by atoms with Crippen LogP contribution in [-0.2, 0) is 16.4 Å². The lowest BCUT2D eigenvalue weighted by Gasteiger charge is -2.24. The van der Waals surface area contributed by atoms with E-state index in [-0.39, 0.29) is 16.1 Å². The molecule has 8 heteroatoms. The smallest absolute Gasteiger partial charge is 0.249 e. The first kappa shape index (κ1) is 15.4. The van der Waals surface area contributed by atoms with E-state index in [0.29, 0.717) is 11.6 Å². The highest BCUT2D eigenvalue weighted by Gasteiger charge is 2.28. The molecule has 3 rings (SSSR count). The van der Waals surface area contributed by atoms with Gasteiger partial charge in [0.15, 0.2) is 9.34 Å². The average Bonchev–Trinajstić information content (AvgIpc) is 3.05. The fourth-order valence-corrected chi connectivity index (χ4v) is 4.39. The molecule has 1 aromatic carbocycles. The minimum Gasteiger partial charge on any atom is -0.345 e. The molecule has 5 nitrogen and oxygen atoms in total. The van der Waals surface area contributed by atoms with Gasteiger partial charge in [-0.25, -0.2) is 22.9 Å². The number of thiazole rings is 1. The molecular weight excluding hydrogens is 325 g/mol. The van der Waals surface area contributed by atoms with Crippen LogP contribution in [0.4, 0.5) is 9.52 Å². The van der Waals surface area contributed by atoms with Gasteiger partial charge in [-0.15, -0.1) is 0 Å². The van der Waals surface area contributed by atoms with Crippen LogP contribution in [0.3, 0.4) is 0 Å². The number of sulfonamides is 1. The Bertz CT molecular complexity index is 776. The molecule has 0 unspecified atom stereocenters. The highest BCUT2D eigenvalue weighted by molar-refractivity contribution is 7.91. The third-order valence-corrected chi connectivity index (χ3v) is 6.18. The van der Waals surface area contributed by atoms with Crippen LogP contribution in [0.25, 0.3) is 0 Å². The van der Waals surface area contributed by atoms with Crippen LogP contribution < -0.4 is 10.0 Å². The van der Waals surface area contributed by atoms with Crippen molar-refractivity contribution in [1.29, 1.82) is 0 Å². The van der Waals surface area contributed by atoms with E-state index in [9.17, 15) is 12.8 Å². The van der Waals surface area contributed by atoms with Crippen molar-refractivity contribution in [2.75, 3.05) is 11.4 Å². The summed E-state index contributed by atoms with van der Waals surface area (Å²) < 4.78 is 36.1. The van der Waals surface area contributed by atoms with Crippen molar-refractivity contribution < 1.29 is 12.8 Å². The van der Waals surface area contributed by atoms with E-state index in [1.807, 2.05) is 6.07 Å². The van der Waals surface area contributed by atoms with E-state index in [4.69, 9.17) is 5.14 Å². The van der Waals surface area contributed by atoms with Crippen molar-refractivity contribution in [2.45, 2.75) is 29.5 Å². The fourth-order valence-electron chi connectivity index (χ4n) is 2.75. The van der Waals surface area contributed by atoms with Crippen molar-refractivity contribution in [1.82, 2.24) is 4.98 Å². The van der Waals surface area contributed by atoms with Gasteiger partial charge in [0.2, 0.25) is 10.0 Å². The van der Waals surface area contributed by atoms with Crippen molar-refractivity contribution in [2.24, 2.45) is 5.14 Å². The van der Waals surface area contributed by atoms with Gasteiger partial charge in [-0.3, -0.25) is 0 Å². The highest BCUT2D eigenvalue weighted by atomic mass is 32.2. The van der Waals surface area contributed by atoms with Crippen LogP contribution in [-0.4, -0.2) is 26.0 Å². The second-order valence-electron chi connectivity index (χ2n) is 5.33. The molecule has 1 aliphatic rings. The molecule has 0 bridgehead atoms. The molecule has 2 N–H and O–H groups in total. The minimum atomic E-state index is -3.71. The lowest BCUT2D eigenvalue weighted by Crippen LogP contribution is -2.30. The number of nitrogens with zero attached hydrogens (tertiary/aromatic N) is 2. The fraction of sp³-hybridized carbons (Fsp3) is 0.357. The number of anilines is 1. The molecule has 0 spiro atoms. The van der Waals surface area contributed by atoms with Crippen molar-refractivity contribution >= 4 is 26.5 Å². The number of benzene rings is 1. The van der Waals surface area contributed by atoms with Gasteiger partial charge >= 0.3 is 0 Å². The first-order chi connectivity index (χ1) is 10.4. The Morgan fingerprint density at radius 3 is 2.95 bits per heavy atom. The number of nitrogens with two attached hydrogens (primary N) is 1. The molecule has 0 saturated carbocycles. The zero-order valence-electron chi connectivity index (χ0n) is 11.8. The number of halogens is 1. The number of hydrogen-bond acceptors (Lipinski definition) is 5. The molecule has 1 aliphatic heterocycles. The second-order valence-corrected chi connectivity index (χ2v) is 8.13. The summed E-state index contributed by atoms with van der Waals surface area (Å²) in [6.45, 7) is 0.817. The molecule has 2 heterocycles. The maximum Gasteiger partial charge on any atom is 0.249 e. The van der Waals surface area contributed by atoms with Crippen LogP contribution in [0.1, 0.15) is 18.4 Å². The molecule has 2 aromatic rings. The minimum absolute atomic E-state index is 0.0684. The summed E-state index contributed by atoms with van der Waals surface area (Å²) in [5.74, 6) is -0.243. The van der Waals surface area contributed by atoms with Crippen LogP contribution in [0.5, 0.6) is 0 Å². The SMILES string of the molecule is NS(=O)(=O)c1cnc(N2CCC[C@@H]2Cc2cccc(F)c2)s1. The van der Waals surface area contributed by atoms with Crippen LogP contribution in [0.15, 0.2) is 34.7 Å². The highest BCUT2D eigenvalue weighted by Crippen LogP contribution is 2.32. The normalized spacial score (nSPS) is 18.8. The van der Waals surface area contributed by atoms with E-state index in [0.717, 1.165) is 36.3 Å². The molecule has 0 aliphatic carbocycles. The summed E-state index contributed by atoms with van der Waals surface area (Å²) >= 11 is 1.08. The Labute approximate surface area is 132 Å². The maximum atomic E-state index is 13.3. The van der Waals surface area contributed by atoms with Gasteiger partial charge in [0, 0.05) is 12.6 Å².